The SMILES string of the molecule is Cc1cc(OCC(=O)NNC(=O)Cc2ccccc2)c(C(C)C)cc1Cl. The summed E-state index contributed by atoms with van der Waals surface area (Å²) in [4.78, 5) is 23.8. The van der Waals surface area contributed by atoms with Gasteiger partial charge in [-0.2, -0.15) is 0 Å². The van der Waals surface area contributed by atoms with E-state index in [9.17, 15) is 9.59 Å². The van der Waals surface area contributed by atoms with Gasteiger partial charge in [0.25, 0.3) is 5.91 Å². The van der Waals surface area contributed by atoms with Crippen LogP contribution in [0, 0.1) is 6.92 Å². The highest BCUT2D eigenvalue weighted by Gasteiger charge is 2.13. The van der Waals surface area contributed by atoms with Crippen molar-refractivity contribution in [3.8, 4) is 5.75 Å². The molecule has 2 N–H and O–H groups in total. The van der Waals surface area contributed by atoms with Crippen LogP contribution in [0.3, 0.4) is 0 Å². The van der Waals surface area contributed by atoms with E-state index in [2.05, 4.69) is 10.9 Å². The number of benzene rings is 2. The summed E-state index contributed by atoms with van der Waals surface area (Å²) in [6, 6.07) is 13.0. The number of halogens is 1. The highest BCUT2D eigenvalue weighted by molar-refractivity contribution is 6.31. The molecular formula is C20H23ClN2O3. The maximum atomic E-state index is 11.9. The molecule has 6 heteroatoms. The van der Waals surface area contributed by atoms with Crippen LogP contribution in [-0.2, 0) is 16.0 Å². The number of nitrogens with one attached hydrogen (secondary N) is 2. The summed E-state index contributed by atoms with van der Waals surface area (Å²) in [7, 11) is 0. The van der Waals surface area contributed by atoms with Crippen LogP contribution in [0.4, 0.5) is 0 Å². The largest absolute Gasteiger partial charge is 0.483 e. The smallest absolute Gasteiger partial charge is 0.276 e. The summed E-state index contributed by atoms with van der Waals surface area (Å²) in [6.45, 7) is 5.73. The Bertz CT molecular complexity index is 776. The van der Waals surface area contributed by atoms with Gasteiger partial charge in [0, 0.05) is 5.02 Å². The van der Waals surface area contributed by atoms with E-state index in [0.29, 0.717) is 10.8 Å². The summed E-state index contributed by atoms with van der Waals surface area (Å²) < 4.78 is 5.62. The molecule has 0 radical (unpaired) electrons. The number of hydrogen-bond donors (Lipinski definition) is 2. The fraction of sp³-hybridized carbons (Fsp3) is 0.300. The molecule has 0 atom stereocenters. The van der Waals surface area contributed by atoms with Crippen molar-refractivity contribution < 1.29 is 14.3 Å². The fourth-order valence-electron chi connectivity index (χ4n) is 2.39. The summed E-state index contributed by atoms with van der Waals surface area (Å²) in [6.07, 6.45) is 0.190. The van der Waals surface area contributed by atoms with E-state index >= 15 is 0 Å². The van der Waals surface area contributed by atoms with E-state index in [1.54, 1.807) is 0 Å². The number of ether oxygens (including phenoxy) is 1. The molecule has 0 unspecified atom stereocenters. The van der Waals surface area contributed by atoms with Gasteiger partial charge in [-0.15, -0.1) is 0 Å². The van der Waals surface area contributed by atoms with Crippen molar-refractivity contribution in [2.45, 2.75) is 33.1 Å². The average molecular weight is 375 g/mol. The zero-order valence-corrected chi connectivity index (χ0v) is 15.9. The van der Waals surface area contributed by atoms with Gasteiger partial charge in [0.05, 0.1) is 6.42 Å². The molecule has 2 aromatic carbocycles. The van der Waals surface area contributed by atoms with E-state index in [4.69, 9.17) is 16.3 Å². The summed E-state index contributed by atoms with van der Waals surface area (Å²) >= 11 is 6.16. The predicted molar refractivity (Wildman–Crippen MR) is 102 cm³/mol. The first kappa shape index (κ1) is 19.8. The van der Waals surface area contributed by atoms with Crippen LogP contribution in [0.15, 0.2) is 42.5 Å². The average Bonchev–Trinajstić information content (AvgIpc) is 2.61. The van der Waals surface area contributed by atoms with Crippen molar-refractivity contribution in [2.75, 3.05) is 6.61 Å². The van der Waals surface area contributed by atoms with Gasteiger partial charge < -0.3 is 4.74 Å². The van der Waals surface area contributed by atoms with E-state index in [1.807, 2.05) is 63.2 Å². The number of carbonyl (C=O) groups excluding carboxylic acids is 2. The lowest BCUT2D eigenvalue weighted by Gasteiger charge is -2.16. The molecule has 0 heterocycles. The minimum Gasteiger partial charge on any atom is -0.483 e. The number of hydrogen-bond acceptors (Lipinski definition) is 3. The molecule has 5 nitrogen and oxygen atoms in total. The van der Waals surface area contributed by atoms with Crippen molar-refractivity contribution in [3.05, 3.63) is 64.2 Å². The number of aryl methyl sites for hydroxylation is 1. The molecule has 0 bridgehead atoms. The monoisotopic (exact) mass is 374 g/mol. The van der Waals surface area contributed by atoms with Crippen LogP contribution in [0.2, 0.25) is 5.02 Å². The summed E-state index contributed by atoms with van der Waals surface area (Å²) in [5.74, 6) is 0.0906. The van der Waals surface area contributed by atoms with E-state index in [1.165, 1.54) is 0 Å². The predicted octanol–water partition coefficient (Wildman–Crippen LogP) is 3.54. The molecule has 2 amide bonds. The zero-order chi connectivity index (χ0) is 19.1. The van der Waals surface area contributed by atoms with E-state index in [-0.39, 0.29) is 24.9 Å². The van der Waals surface area contributed by atoms with Crippen molar-refractivity contribution in [3.63, 3.8) is 0 Å². The number of rotatable bonds is 6. The first-order valence-corrected chi connectivity index (χ1v) is 8.79. The van der Waals surface area contributed by atoms with Gasteiger partial charge in [0.1, 0.15) is 5.75 Å². The van der Waals surface area contributed by atoms with Crippen LogP contribution in [-0.4, -0.2) is 18.4 Å². The van der Waals surface area contributed by atoms with Crippen LogP contribution >= 0.6 is 11.6 Å². The standard InChI is InChI=1S/C20H23ClN2O3/c1-13(2)16-11-17(21)14(3)9-18(16)26-12-20(25)23-22-19(24)10-15-7-5-4-6-8-15/h4-9,11,13H,10,12H2,1-3H3,(H,22,24)(H,23,25). The van der Waals surface area contributed by atoms with Crippen molar-refractivity contribution in [1.29, 1.82) is 0 Å². The molecule has 0 aromatic heterocycles. The Hall–Kier alpha value is -2.53. The lowest BCUT2D eigenvalue weighted by atomic mass is 10.0. The molecule has 26 heavy (non-hydrogen) atoms. The Morgan fingerprint density at radius 3 is 2.38 bits per heavy atom. The van der Waals surface area contributed by atoms with Crippen molar-refractivity contribution in [2.24, 2.45) is 0 Å². The molecule has 0 saturated heterocycles. The molecule has 0 fully saturated rings. The Labute approximate surface area is 158 Å². The minimum atomic E-state index is -0.436. The molecule has 0 aliphatic carbocycles. The number of amides is 2. The van der Waals surface area contributed by atoms with Gasteiger partial charge in [-0.1, -0.05) is 55.8 Å². The molecule has 138 valence electrons. The van der Waals surface area contributed by atoms with Gasteiger partial charge in [-0.3, -0.25) is 20.4 Å². The molecule has 2 rings (SSSR count). The van der Waals surface area contributed by atoms with Gasteiger partial charge >= 0.3 is 0 Å². The van der Waals surface area contributed by atoms with Gasteiger partial charge in [-0.05, 0) is 41.7 Å². The molecule has 0 saturated carbocycles. The molecule has 0 spiro atoms. The summed E-state index contributed by atoms with van der Waals surface area (Å²) in [5, 5.41) is 0.665. The molecular weight excluding hydrogens is 352 g/mol. The third-order valence-corrected chi connectivity index (χ3v) is 4.23. The Morgan fingerprint density at radius 1 is 1.08 bits per heavy atom. The Balaban J connectivity index is 1.85. The first-order valence-electron chi connectivity index (χ1n) is 8.41. The molecule has 0 aliphatic heterocycles. The topological polar surface area (TPSA) is 67.4 Å². The van der Waals surface area contributed by atoms with Crippen LogP contribution < -0.4 is 15.6 Å². The van der Waals surface area contributed by atoms with Gasteiger partial charge in [-0.25, -0.2) is 0 Å². The highest BCUT2D eigenvalue weighted by Crippen LogP contribution is 2.31. The Morgan fingerprint density at radius 2 is 1.73 bits per heavy atom. The maximum Gasteiger partial charge on any atom is 0.276 e. The Kier molecular flexibility index (Phi) is 7.04. The zero-order valence-electron chi connectivity index (χ0n) is 15.1. The minimum absolute atomic E-state index is 0.190. The van der Waals surface area contributed by atoms with Gasteiger partial charge in [0.2, 0.25) is 5.91 Å². The molecule has 2 aromatic rings. The van der Waals surface area contributed by atoms with Crippen LogP contribution in [0.1, 0.15) is 36.5 Å². The lowest BCUT2D eigenvalue weighted by molar-refractivity contribution is -0.129. The second-order valence-corrected chi connectivity index (χ2v) is 6.75. The van der Waals surface area contributed by atoms with Crippen molar-refractivity contribution in [1.82, 2.24) is 10.9 Å². The number of hydrazine groups is 1. The second-order valence-electron chi connectivity index (χ2n) is 6.34. The van der Waals surface area contributed by atoms with Gasteiger partial charge in [0.15, 0.2) is 6.61 Å². The number of carbonyl (C=O) groups is 2. The summed E-state index contributed by atoms with van der Waals surface area (Å²) in [5.41, 5.74) is 7.42. The highest BCUT2D eigenvalue weighted by atomic mass is 35.5. The van der Waals surface area contributed by atoms with Crippen LogP contribution in [0.5, 0.6) is 5.75 Å². The fourth-order valence-corrected chi connectivity index (χ4v) is 2.56. The van der Waals surface area contributed by atoms with E-state index in [0.717, 1.165) is 16.7 Å². The van der Waals surface area contributed by atoms with Crippen LogP contribution in [0.25, 0.3) is 0 Å². The first-order chi connectivity index (χ1) is 12.4. The maximum absolute atomic E-state index is 11.9. The van der Waals surface area contributed by atoms with Crippen molar-refractivity contribution >= 4 is 23.4 Å². The van der Waals surface area contributed by atoms with E-state index < -0.39 is 5.91 Å². The lowest BCUT2D eigenvalue weighted by Crippen LogP contribution is -2.44. The molecule has 0 aliphatic rings. The third kappa shape index (κ3) is 5.77. The quantitative estimate of drug-likeness (QED) is 0.760. The normalized spacial score (nSPS) is 10.5. The third-order valence-electron chi connectivity index (χ3n) is 3.82. The second kappa shape index (κ2) is 9.25.